The van der Waals surface area contributed by atoms with Gasteiger partial charge in [0.05, 0.1) is 11.0 Å². The van der Waals surface area contributed by atoms with Crippen LogP contribution in [0.5, 0.6) is 0 Å². The highest BCUT2D eigenvalue weighted by Crippen LogP contribution is 2.16. The number of imidazole rings is 1. The van der Waals surface area contributed by atoms with Crippen molar-refractivity contribution in [2.75, 3.05) is 0 Å². The van der Waals surface area contributed by atoms with E-state index in [0.717, 1.165) is 18.6 Å². The maximum Gasteiger partial charge on any atom is 0.229 e. The summed E-state index contributed by atoms with van der Waals surface area (Å²) in [4.78, 5) is 17.0. The Kier molecular flexibility index (Phi) is 2.11. The van der Waals surface area contributed by atoms with E-state index in [-0.39, 0.29) is 11.3 Å². The summed E-state index contributed by atoms with van der Waals surface area (Å²) in [6.45, 7) is 0. The second-order valence-electron chi connectivity index (χ2n) is 2.95. The number of amides is 1. The number of nitrogens with two attached hydrogens (primary N) is 1. The smallest absolute Gasteiger partial charge is 0.229 e. The molecular formula is C9H6F2N3O. The Hall–Kier alpha value is -1.98. The highest BCUT2D eigenvalue weighted by atomic mass is 19.2. The fraction of sp³-hybridized carbons (Fsp3) is 0. The van der Waals surface area contributed by atoms with Gasteiger partial charge in [-0.2, -0.15) is 0 Å². The zero-order chi connectivity index (χ0) is 11.0. The zero-order valence-corrected chi connectivity index (χ0v) is 7.42. The molecule has 0 saturated heterocycles. The number of H-pyrrole nitrogens is 1. The molecule has 0 spiro atoms. The fourth-order valence-electron chi connectivity index (χ4n) is 1.23. The first kappa shape index (κ1) is 9.57. The summed E-state index contributed by atoms with van der Waals surface area (Å²) in [5.41, 5.74) is 5.45. The lowest BCUT2D eigenvalue weighted by atomic mass is 10.3. The van der Waals surface area contributed by atoms with Crippen molar-refractivity contribution in [2.45, 2.75) is 0 Å². The van der Waals surface area contributed by atoms with Gasteiger partial charge in [0.15, 0.2) is 11.6 Å². The van der Waals surface area contributed by atoms with Gasteiger partial charge >= 0.3 is 0 Å². The molecule has 2 aromatic rings. The molecular weight excluding hydrogens is 204 g/mol. The topological polar surface area (TPSA) is 71.8 Å². The highest BCUT2D eigenvalue weighted by Gasteiger charge is 2.09. The summed E-state index contributed by atoms with van der Waals surface area (Å²) in [6, 6.07) is 1.91. The van der Waals surface area contributed by atoms with Crippen molar-refractivity contribution < 1.29 is 13.6 Å². The van der Waals surface area contributed by atoms with Crippen LogP contribution in [0.25, 0.3) is 11.0 Å². The van der Waals surface area contributed by atoms with E-state index in [9.17, 15) is 13.6 Å². The molecule has 6 heteroatoms. The molecule has 1 radical (unpaired) electrons. The minimum atomic E-state index is -0.986. The van der Waals surface area contributed by atoms with Gasteiger partial charge in [-0.3, -0.25) is 4.79 Å². The third-order valence-corrected chi connectivity index (χ3v) is 1.82. The molecule has 1 heterocycles. The molecule has 0 fully saturated rings. The van der Waals surface area contributed by atoms with Gasteiger partial charge in [0.25, 0.3) is 0 Å². The number of hydrogen-bond acceptors (Lipinski definition) is 2. The fourth-order valence-corrected chi connectivity index (χ4v) is 1.23. The molecule has 1 aromatic heterocycles. The first-order valence-electron chi connectivity index (χ1n) is 4.05. The predicted molar refractivity (Wildman–Crippen MR) is 48.6 cm³/mol. The second kappa shape index (κ2) is 3.30. The van der Waals surface area contributed by atoms with Gasteiger partial charge in [-0.1, -0.05) is 0 Å². The molecule has 2 rings (SSSR count). The van der Waals surface area contributed by atoms with Crippen LogP contribution in [0.4, 0.5) is 8.78 Å². The Bertz CT molecular complexity index is 496. The number of hydrogen-bond donors (Lipinski definition) is 2. The quantitative estimate of drug-likeness (QED) is 0.772. The molecule has 0 unspecified atom stereocenters. The number of carbonyl (C=O) groups excluding carboxylic acids is 1. The van der Waals surface area contributed by atoms with Crippen LogP contribution in [-0.4, -0.2) is 15.9 Å². The highest BCUT2D eigenvalue weighted by molar-refractivity contribution is 5.87. The lowest BCUT2D eigenvalue weighted by Crippen LogP contribution is -2.12. The Morgan fingerprint density at radius 1 is 1.40 bits per heavy atom. The number of nitrogens with one attached hydrogen (secondary N) is 1. The summed E-state index contributed by atoms with van der Waals surface area (Å²) in [5.74, 6) is -2.48. The summed E-state index contributed by atoms with van der Waals surface area (Å²) in [7, 11) is 0. The van der Waals surface area contributed by atoms with Gasteiger partial charge in [0.2, 0.25) is 5.91 Å². The van der Waals surface area contributed by atoms with Crippen molar-refractivity contribution >= 4 is 16.9 Å². The monoisotopic (exact) mass is 210 g/mol. The van der Waals surface area contributed by atoms with E-state index in [0.29, 0.717) is 5.52 Å². The average molecular weight is 210 g/mol. The maximum absolute atomic E-state index is 12.8. The largest absolute Gasteiger partial charge is 0.369 e. The van der Waals surface area contributed by atoms with E-state index in [1.807, 2.05) is 0 Å². The zero-order valence-electron chi connectivity index (χ0n) is 7.42. The SMILES string of the molecule is NC(=O)[CH]c1nc2cc(F)c(F)cc2[nH]1. The van der Waals surface area contributed by atoms with Crippen LogP contribution in [0.2, 0.25) is 0 Å². The Morgan fingerprint density at radius 3 is 2.73 bits per heavy atom. The van der Waals surface area contributed by atoms with Crippen LogP contribution >= 0.6 is 0 Å². The van der Waals surface area contributed by atoms with E-state index < -0.39 is 17.5 Å². The summed E-state index contributed by atoms with van der Waals surface area (Å²) < 4.78 is 25.6. The van der Waals surface area contributed by atoms with Crippen molar-refractivity contribution in [3.8, 4) is 0 Å². The van der Waals surface area contributed by atoms with Gasteiger partial charge in [0.1, 0.15) is 12.2 Å². The van der Waals surface area contributed by atoms with Crippen molar-refractivity contribution in [1.82, 2.24) is 9.97 Å². The van der Waals surface area contributed by atoms with Crippen LogP contribution in [-0.2, 0) is 4.79 Å². The maximum atomic E-state index is 12.8. The number of aromatic nitrogens is 2. The lowest BCUT2D eigenvalue weighted by molar-refractivity contribution is -0.114. The number of fused-ring (bicyclic) bond motifs is 1. The number of nitrogens with zero attached hydrogens (tertiary/aromatic N) is 1. The Balaban J connectivity index is 2.51. The van der Waals surface area contributed by atoms with E-state index in [1.165, 1.54) is 0 Å². The molecule has 4 nitrogen and oxygen atoms in total. The number of benzene rings is 1. The van der Waals surface area contributed by atoms with E-state index in [4.69, 9.17) is 5.73 Å². The standard InChI is InChI=1S/C9H6F2N3O/c10-4-1-6-7(2-5(4)11)14-9(13-6)3-8(12)15/h1-3H,(H2,12,15)(H,13,14). The number of halogens is 2. The van der Waals surface area contributed by atoms with Crippen LogP contribution in [0.3, 0.4) is 0 Å². The molecule has 77 valence electrons. The lowest BCUT2D eigenvalue weighted by Gasteiger charge is -1.90. The second-order valence-corrected chi connectivity index (χ2v) is 2.95. The molecule has 0 saturated carbocycles. The van der Waals surface area contributed by atoms with Gasteiger partial charge < -0.3 is 10.7 Å². The molecule has 0 aliphatic rings. The van der Waals surface area contributed by atoms with Gasteiger partial charge in [-0.15, -0.1) is 0 Å². The Labute approximate surface area is 83.1 Å². The van der Waals surface area contributed by atoms with Crippen LogP contribution in [0.15, 0.2) is 12.1 Å². The summed E-state index contributed by atoms with van der Waals surface area (Å²) >= 11 is 0. The minimum Gasteiger partial charge on any atom is -0.369 e. The first-order valence-corrected chi connectivity index (χ1v) is 4.05. The molecule has 0 aliphatic carbocycles. The normalized spacial score (nSPS) is 10.8. The van der Waals surface area contributed by atoms with E-state index >= 15 is 0 Å². The van der Waals surface area contributed by atoms with E-state index in [1.54, 1.807) is 0 Å². The number of primary amides is 1. The molecule has 1 amide bonds. The van der Waals surface area contributed by atoms with E-state index in [2.05, 4.69) is 9.97 Å². The van der Waals surface area contributed by atoms with Crippen molar-refractivity contribution in [3.05, 3.63) is 36.0 Å². The van der Waals surface area contributed by atoms with Gasteiger partial charge in [-0.25, -0.2) is 13.8 Å². The first-order chi connectivity index (χ1) is 7.06. The molecule has 3 N–H and O–H groups in total. The Morgan fingerprint density at radius 2 is 2.07 bits per heavy atom. The number of aromatic amines is 1. The van der Waals surface area contributed by atoms with Crippen LogP contribution in [0, 0.1) is 18.1 Å². The number of rotatable bonds is 2. The molecule has 0 atom stereocenters. The van der Waals surface area contributed by atoms with Crippen LogP contribution < -0.4 is 5.73 Å². The van der Waals surface area contributed by atoms with Crippen LogP contribution in [0.1, 0.15) is 5.82 Å². The third kappa shape index (κ3) is 1.78. The van der Waals surface area contributed by atoms with Crippen molar-refractivity contribution in [2.24, 2.45) is 5.73 Å². The van der Waals surface area contributed by atoms with Crippen molar-refractivity contribution in [1.29, 1.82) is 0 Å². The van der Waals surface area contributed by atoms with Gasteiger partial charge in [0, 0.05) is 12.1 Å². The molecule has 0 aliphatic heterocycles. The molecule has 0 bridgehead atoms. The van der Waals surface area contributed by atoms with Crippen molar-refractivity contribution in [3.63, 3.8) is 0 Å². The average Bonchev–Trinajstić information content (AvgIpc) is 2.46. The summed E-state index contributed by atoms with van der Waals surface area (Å²) in [5, 5.41) is 0. The number of carbonyl (C=O) groups is 1. The van der Waals surface area contributed by atoms with Gasteiger partial charge in [-0.05, 0) is 0 Å². The minimum absolute atomic E-state index is 0.169. The predicted octanol–water partition coefficient (Wildman–Crippen LogP) is 0.879. The molecule has 1 aromatic carbocycles. The third-order valence-electron chi connectivity index (χ3n) is 1.82. The summed E-state index contributed by atoms with van der Waals surface area (Å²) in [6.07, 6.45) is 1.04. The molecule has 15 heavy (non-hydrogen) atoms.